The molecule has 2 rings (SSSR count). The standard InChI is InChI=1S/C8H6BrN2OP/c9-6-3-5-1-2-7(12)11(13)8(5)10-4-6/h1-4H,13H2. The highest BCUT2D eigenvalue weighted by molar-refractivity contribution is 9.10. The van der Waals surface area contributed by atoms with Crippen LogP contribution in [-0.2, 0) is 0 Å². The van der Waals surface area contributed by atoms with Crippen molar-refractivity contribution in [3.8, 4) is 0 Å². The number of hydrogen-bond acceptors (Lipinski definition) is 2. The van der Waals surface area contributed by atoms with E-state index >= 15 is 0 Å². The third-order valence-corrected chi connectivity index (χ3v) is 2.67. The molecule has 0 radical (unpaired) electrons. The summed E-state index contributed by atoms with van der Waals surface area (Å²) in [6.07, 6.45) is 1.67. The maximum absolute atomic E-state index is 11.2. The second-order valence-corrected chi connectivity index (χ2v) is 4.04. The average molecular weight is 257 g/mol. The quantitative estimate of drug-likeness (QED) is 0.674. The summed E-state index contributed by atoms with van der Waals surface area (Å²) >= 11 is 3.32. The van der Waals surface area contributed by atoms with E-state index in [1.165, 1.54) is 10.4 Å². The van der Waals surface area contributed by atoms with Gasteiger partial charge in [-0.05, 0) is 37.5 Å². The van der Waals surface area contributed by atoms with Crippen LogP contribution in [0, 0.1) is 0 Å². The van der Waals surface area contributed by atoms with Crippen molar-refractivity contribution >= 4 is 36.4 Å². The fourth-order valence-corrected chi connectivity index (χ4v) is 1.77. The summed E-state index contributed by atoms with van der Waals surface area (Å²) in [7, 11) is 2.34. The minimum atomic E-state index is -0.0766. The van der Waals surface area contributed by atoms with E-state index in [2.05, 4.69) is 30.3 Å². The minimum Gasteiger partial charge on any atom is -0.277 e. The number of halogens is 1. The summed E-state index contributed by atoms with van der Waals surface area (Å²) in [6, 6.07) is 5.20. The molecule has 0 N–H and O–H groups in total. The topological polar surface area (TPSA) is 34.9 Å². The lowest BCUT2D eigenvalue weighted by molar-refractivity contribution is 1.16. The molecular formula is C8H6BrN2OP. The molecule has 0 amide bonds. The first kappa shape index (κ1) is 8.85. The van der Waals surface area contributed by atoms with Gasteiger partial charge in [0.1, 0.15) is 5.65 Å². The Morgan fingerprint density at radius 2 is 2.23 bits per heavy atom. The monoisotopic (exact) mass is 256 g/mol. The molecule has 1 atom stereocenters. The van der Waals surface area contributed by atoms with Crippen LogP contribution < -0.4 is 5.56 Å². The van der Waals surface area contributed by atoms with Crippen molar-refractivity contribution in [1.82, 2.24) is 9.32 Å². The van der Waals surface area contributed by atoms with Crippen molar-refractivity contribution in [3.63, 3.8) is 0 Å². The van der Waals surface area contributed by atoms with Crippen molar-refractivity contribution in [1.29, 1.82) is 0 Å². The maximum Gasteiger partial charge on any atom is 0.255 e. The van der Waals surface area contributed by atoms with Crippen LogP contribution >= 0.6 is 25.3 Å². The molecule has 13 heavy (non-hydrogen) atoms. The first-order valence-electron chi connectivity index (χ1n) is 3.61. The molecule has 5 heteroatoms. The fourth-order valence-electron chi connectivity index (χ4n) is 1.12. The molecule has 3 nitrogen and oxygen atoms in total. The highest BCUT2D eigenvalue weighted by Crippen LogP contribution is 2.16. The first-order valence-corrected chi connectivity index (χ1v) is 4.92. The smallest absolute Gasteiger partial charge is 0.255 e. The Kier molecular flexibility index (Phi) is 2.18. The Bertz CT molecular complexity index is 523. The number of nitrogens with zero attached hydrogens (tertiary/aromatic N) is 2. The second kappa shape index (κ2) is 3.20. The normalized spacial score (nSPS) is 10.6. The van der Waals surface area contributed by atoms with Crippen molar-refractivity contribution in [2.24, 2.45) is 0 Å². The lowest BCUT2D eigenvalue weighted by Crippen LogP contribution is -2.11. The van der Waals surface area contributed by atoms with Crippen LogP contribution in [0.4, 0.5) is 0 Å². The van der Waals surface area contributed by atoms with Crippen LogP contribution in [0.5, 0.6) is 0 Å². The number of hydrogen-bond donors (Lipinski definition) is 0. The van der Waals surface area contributed by atoms with Gasteiger partial charge < -0.3 is 0 Å². The summed E-state index contributed by atoms with van der Waals surface area (Å²) in [6.45, 7) is 0. The van der Waals surface area contributed by atoms with Gasteiger partial charge in [-0.2, -0.15) is 0 Å². The lowest BCUT2D eigenvalue weighted by atomic mass is 10.3. The molecule has 0 aliphatic carbocycles. The van der Waals surface area contributed by atoms with E-state index in [-0.39, 0.29) is 5.56 Å². The van der Waals surface area contributed by atoms with Crippen LogP contribution in [-0.4, -0.2) is 9.32 Å². The van der Waals surface area contributed by atoms with Gasteiger partial charge in [-0.15, -0.1) is 0 Å². The van der Waals surface area contributed by atoms with Gasteiger partial charge >= 0.3 is 0 Å². The first-order chi connectivity index (χ1) is 6.18. The third kappa shape index (κ3) is 1.52. The van der Waals surface area contributed by atoms with Crippen LogP contribution in [0.1, 0.15) is 0 Å². The summed E-state index contributed by atoms with van der Waals surface area (Å²) in [5.74, 6) is 0. The highest BCUT2D eigenvalue weighted by Gasteiger charge is 1.99. The number of pyridine rings is 2. The average Bonchev–Trinajstić information content (AvgIpc) is 2.12. The molecule has 2 heterocycles. The lowest BCUT2D eigenvalue weighted by Gasteiger charge is -2.01. The van der Waals surface area contributed by atoms with Gasteiger partial charge in [0.25, 0.3) is 5.56 Å². The molecule has 0 aliphatic rings. The minimum absolute atomic E-state index is 0.0766. The molecule has 0 spiro atoms. The summed E-state index contributed by atoms with van der Waals surface area (Å²) in [4.78, 5) is 15.3. The van der Waals surface area contributed by atoms with Crippen LogP contribution in [0.25, 0.3) is 11.0 Å². The van der Waals surface area contributed by atoms with E-state index in [1.807, 2.05) is 6.07 Å². The number of rotatable bonds is 0. The number of fused-ring (bicyclic) bond motifs is 1. The summed E-state index contributed by atoms with van der Waals surface area (Å²) in [5.41, 5.74) is 0.591. The zero-order valence-corrected chi connectivity index (χ0v) is 9.31. The fraction of sp³-hybridized carbons (Fsp3) is 0. The Labute approximate surface area is 85.2 Å². The van der Waals surface area contributed by atoms with Crippen molar-refractivity contribution in [2.45, 2.75) is 0 Å². The van der Waals surface area contributed by atoms with Crippen LogP contribution in [0.15, 0.2) is 33.7 Å². The predicted molar refractivity (Wildman–Crippen MR) is 58.8 cm³/mol. The van der Waals surface area contributed by atoms with Gasteiger partial charge in [0.05, 0.1) is 0 Å². The molecule has 0 aromatic carbocycles. The molecule has 0 bridgehead atoms. The van der Waals surface area contributed by atoms with E-state index in [4.69, 9.17) is 0 Å². The summed E-state index contributed by atoms with van der Waals surface area (Å²) in [5, 5.41) is 0.934. The molecule has 0 fully saturated rings. The van der Waals surface area contributed by atoms with Crippen molar-refractivity contribution in [2.75, 3.05) is 0 Å². The Hall–Kier alpha value is -0.730. The molecule has 0 saturated heterocycles. The zero-order chi connectivity index (χ0) is 9.42. The van der Waals surface area contributed by atoms with Crippen molar-refractivity contribution < 1.29 is 0 Å². The number of aromatic nitrogens is 2. The SMILES string of the molecule is O=c1ccc2cc(Br)cnc2n1P. The van der Waals surface area contributed by atoms with Gasteiger partial charge in [0, 0.05) is 22.1 Å². The molecular weight excluding hydrogens is 251 g/mol. The van der Waals surface area contributed by atoms with Gasteiger partial charge in [0.2, 0.25) is 0 Å². The van der Waals surface area contributed by atoms with E-state index < -0.39 is 0 Å². The maximum atomic E-state index is 11.2. The van der Waals surface area contributed by atoms with E-state index in [1.54, 1.807) is 12.3 Å². The van der Waals surface area contributed by atoms with E-state index in [0.29, 0.717) is 5.65 Å². The predicted octanol–water partition coefficient (Wildman–Crippen LogP) is 1.80. The second-order valence-electron chi connectivity index (χ2n) is 2.61. The zero-order valence-electron chi connectivity index (χ0n) is 6.57. The van der Waals surface area contributed by atoms with Crippen molar-refractivity contribution in [3.05, 3.63) is 39.2 Å². The molecule has 0 saturated carbocycles. The van der Waals surface area contributed by atoms with E-state index in [9.17, 15) is 4.79 Å². The largest absolute Gasteiger partial charge is 0.277 e. The van der Waals surface area contributed by atoms with Crippen LogP contribution in [0.3, 0.4) is 0 Å². The molecule has 2 aromatic heterocycles. The van der Waals surface area contributed by atoms with Gasteiger partial charge in [-0.3, -0.25) is 9.13 Å². The highest BCUT2D eigenvalue weighted by atomic mass is 79.9. The van der Waals surface area contributed by atoms with Gasteiger partial charge in [-0.25, -0.2) is 4.98 Å². The molecule has 1 unspecified atom stereocenters. The van der Waals surface area contributed by atoms with Gasteiger partial charge in [0.15, 0.2) is 0 Å². The summed E-state index contributed by atoms with van der Waals surface area (Å²) < 4.78 is 2.35. The van der Waals surface area contributed by atoms with Crippen LogP contribution in [0.2, 0.25) is 0 Å². The Morgan fingerprint density at radius 1 is 1.46 bits per heavy atom. The van der Waals surface area contributed by atoms with Gasteiger partial charge in [-0.1, -0.05) is 0 Å². The molecule has 66 valence electrons. The third-order valence-electron chi connectivity index (χ3n) is 1.73. The molecule has 0 aliphatic heterocycles. The van der Waals surface area contributed by atoms with E-state index in [0.717, 1.165) is 9.86 Å². The molecule has 2 aromatic rings. The Morgan fingerprint density at radius 3 is 3.00 bits per heavy atom. The Balaban J connectivity index is 2.95.